The standard InChI is InChI=1S/C16H22ClN3S/c1-4-7-20(8-12-5-6-12)9-13-18-15(17)14-10(2)11(3)21-16(14)19-13/h12H,4-9H2,1-3H3. The highest BCUT2D eigenvalue weighted by molar-refractivity contribution is 7.18. The van der Waals surface area contributed by atoms with Gasteiger partial charge < -0.3 is 0 Å². The van der Waals surface area contributed by atoms with Gasteiger partial charge in [0.1, 0.15) is 15.8 Å². The second-order valence-electron chi connectivity index (χ2n) is 6.07. The Balaban J connectivity index is 1.85. The number of halogens is 1. The summed E-state index contributed by atoms with van der Waals surface area (Å²) >= 11 is 8.12. The van der Waals surface area contributed by atoms with Gasteiger partial charge in [-0.2, -0.15) is 0 Å². The summed E-state index contributed by atoms with van der Waals surface area (Å²) in [6.07, 6.45) is 3.92. The molecule has 0 amide bonds. The second-order valence-corrected chi connectivity index (χ2v) is 7.63. The first kappa shape index (κ1) is 15.2. The van der Waals surface area contributed by atoms with Crippen molar-refractivity contribution in [1.82, 2.24) is 14.9 Å². The van der Waals surface area contributed by atoms with Gasteiger partial charge in [0.05, 0.1) is 11.9 Å². The highest BCUT2D eigenvalue weighted by Gasteiger charge is 2.24. The van der Waals surface area contributed by atoms with Crippen LogP contribution < -0.4 is 0 Å². The number of hydrogen-bond acceptors (Lipinski definition) is 4. The van der Waals surface area contributed by atoms with Crippen molar-refractivity contribution in [2.75, 3.05) is 13.1 Å². The largest absolute Gasteiger partial charge is 0.296 e. The van der Waals surface area contributed by atoms with Gasteiger partial charge in [0, 0.05) is 11.4 Å². The van der Waals surface area contributed by atoms with Gasteiger partial charge >= 0.3 is 0 Å². The van der Waals surface area contributed by atoms with Crippen molar-refractivity contribution in [2.45, 2.75) is 46.6 Å². The van der Waals surface area contributed by atoms with Gasteiger partial charge in [-0.05, 0) is 51.1 Å². The zero-order valence-electron chi connectivity index (χ0n) is 12.9. The average molecular weight is 324 g/mol. The number of thiophene rings is 1. The molecular formula is C16H22ClN3S. The lowest BCUT2D eigenvalue weighted by molar-refractivity contribution is 0.249. The van der Waals surface area contributed by atoms with Gasteiger partial charge in [0.25, 0.3) is 0 Å². The summed E-state index contributed by atoms with van der Waals surface area (Å²) in [5.41, 5.74) is 1.22. The number of rotatable bonds is 6. The van der Waals surface area contributed by atoms with Crippen LogP contribution in [0, 0.1) is 19.8 Å². The van der Waals surface area contributed by atoms with Crippen molar-refractivity contribution < 1.29 is 0 Å². The Bertz CT molecular complexity index is 648. The van der Waals surface area contributed by atoms with Crippen molar-refractivity contribution in [2.24, 2.45) is 5.92 Å². The summed E-state index contributed by atoms with van der Waals surface area (Å²) in [6, 6.07) is 0. The number of fused-ring (bicyclic) bond motifs is 1. The maximum atomic E-state index is 6.40. The first-order valence-electron chi connectivity index (χ1n) is 7.73. The molecule has 0 saturated heterocycles. The highest BCUT2D eigenvalue weighted by atomic mass is 35.5. The lowest BCUT2D eigenvalue weighted by Gasteiger charge is -2.20. The van der Waals surface area contributed by atoms with Crippen molar-refractivity contribution in [3.05, 3.63) is 21.4 Å². The van der Waals surface area contributed by atoms with Crippen LogP contribution in [-0.2, 0) is 6.54 Å². The maximum absolute atomic E-state index is 6.40. The first-order chi connectivity index (χ1) is 10.1. The first-order valence-corrected chi connectivity index (χ1v) is 8.92. The van der Waals surface area contributed by atoms with E-state index in [-0.39, 0.29) is 0 Å². The summed E-state index contributed by atoms with van der Waals surface area (Å²) < 4.78 is 0. The van der Waals surface area contributed by atoms with E-state index in [1.165, 1.54) is 36.2 Å². The highest BCUT2D eigenvalue weighted by Crippen LogP contribution is 2.33. The van der Waals surface area contributed by atoms with Crippen molar-refractivity contribution in [1.29, 1.82) is 0 Å². The third kappa shape index (κ3) is 3.38. The Morgan fingerprint density at radius 2 is 2.05 bits per heavy atom. The van der Waals surface area contributed by atoms with E-state index in [0.717, 1.165) is 35.0 Å². The van der Waals surface area contributed by atoms with Gasteiger partial charge in [-0.3, -0.25) is 4.90 Å². The predicted molar refractivity (Wildman–Crippen MR) is 90.2 cm³/mol. The third-order valence-corrected chi connectivity index (χ3v) is 5.52. The molecular weight excluding hydrogens is 302 g/mol. The summed E-state index contributed by atoms with van der Waals surface area (Å²) in [7, 11) is 0. The minimum atomic E-state index is 0.611. The van der Waals surface area contributed by atoms with Crippen LogP contribution in [-0.4, -0.2) is 28.0 Å². The van der Waals surface area contributed by atoms with E-state index in [4.69, 9.17) is 16.6 Å². The zero-order valence-corrected chi connectivity index (χ0v) is 14.5. The van der Waals surface area contributed by atoms with Crippen molar-refractivity contribution in [3.63, 3.8) is 0 Å². The Hall–Kier alpha value is -0.710. The summed E-state index contributed by atoms with van der Waals surface area (Å²) in [4.78, 5) is 14.1. The normalized spacial score (nSPS) is 15.3. The van der Waals surface area contributed by atoms with Crippen LogP contribution >= 0.6 is 22.9 Å². The zero-order chi connectivity index (χ0) is 15.0. The van der Waals surface area contributed by atoms with Gasteiger partial charge in [-0.1, -0.05) is 18.5 Å². The average Bonchev–Trinajstić information content (AvgIpc) is 3.17. The number of aromatic nitrogens is 2. The fraction of sp³-hybridized carbons (Fsp3) is 0.625. The second kappa shape index (κ2) is 6.19. The minimum Gasteiger partial charge on any atom is -0.296 e. The molecule has 0 radical (unpaired) electrons. The Morgan fingerprint density at radius 1 is 1.29 bits per heavy atom. The minimum absolute atomic E-state index is 0.611. The van der Waals surface area contributed by atoms with Gasteiger partial charge in [0.15, 0.2) is 0 Å². The molecule has 0 aliphatic heterocycles. The molecule has 114 valence electrons. The molecule has 1 aliphatic carbocycles. The van der Waals surface area contributed by atoms with Crippen LogP contribution in [0.4, 0.5) is 0 Å². The number of hydrogen-bond donors (Lipinski definition) is 0. The van der Waals surface area contributed by atoms with E-state index in [0.29, 0.717) is 5.15 Å². The van der Waals surface area contributed by atoms with Crippen LogP contribution in [0.5, 0.6) is 0 Å². The molecule has 2 aromatic rings. The van der Waals surface area contributed by atoms with Crippen LogP contribution in [0.1, 0.15) is 42.5 Å². The molecule has 2 heterocycles. The molecule has 3 rings (SSSR count). The lowest BCUT2D eigenvalue weighted by atomic mass is 10.2. The molecule has 3 nitrogen and oxygen atoms in total. The van der Waals surface area contributed by atoms with Gasteiger partial charge in [-0.15, -0.1) is 11.3 Å². The molecule has 0 atom stereocenters. The van der Waals surface area contributed by atoms with Crippen LogP contribution in [0.2, 0.25) is 5.15 Å². The molecule has 0 bridgehead atoms. The maximum Gasteiger partial charge on any atom is 0.145 e. The Kier molecular flexibility index (Phi) is 4.48. The van der Waals surface area contributed by atoms with Gasteiger partial charge in [-0.25, -0.2) is 9.97 Å². The lowest BCUT2D eigenvalue weighted by Crippen LogP contribution is -2.27. The molecule has 0 unspecified atom stereocenters. The predicted octanol–water partition coefficient (Wildman–Crippen LogP) is 4.58. The molecule has 1 aliphatic rings. The fourth-order valence-electron chi connectivity index (χ4n) is 2.73. The molecule has 0 N–H and O–H groups in total. The molecule has 21 heavy (non-hydrogen) atoms. The van der Waals surface area contributed by atoms with Crippen molar-refractivity contribution in [3.8, 4) is 0 Å². The fourth-order valence-corrected chi connectivity index (χ4v) is 4.16. The summed E-state index contributed by atoms with van der Waals surface area (Å²) in [5.74, 6) is 1.75. The van der Waals surface area contributed by atoms with Crippen LogP contribution in [0.25, 0.3) is 10.2 Å². The number of nitrogens with zero attached hydrogens (tertiary/aromatic N) is 3. The van der Waals surface area contributed by atoms with E-state index < -0.39 is 0 Å². The van der Waals surface area contributed by atoms with E-state index >= 15 is 0 Å². The summed E-state index contributed by atoms with van der Waals surface area (Å²) in [5, 5.41) is 1.65. The van der Waals surface area contributed by atoms with Gasteiger partial charge in [0.2, 0.25) is 0 Å². The quantitative estimate of drug-likeness (QED) is 0.728. The molecule has 0 aromatic carbocycles. The SMILES string of the molecule is CCCN(Cc1nc(Cl)c2c(C)c(C)sc2n1)CC1CC1. The van der Waals surface area contributed by atoms with E-state index in [2.05, 4.69) is 30.7 Å². The Morgan fingerprint density at radius 3 is 2.71 bits per heavy atom. The molecule has 0 spiro atoms. The van der Waals surface area contributed by atoms with E-state index in [9.17, 15) is 0 Å². The van der Waals surface area contributed by atoms with Crippen LogP contribution in [0.15, 0.2) is 0 Å². The number of aryl methyl sites for hydroxylation is 2. The molecule has 2 aromatic heterocycles. The van der Waals surface area contributed by atoms with E-state index in [1.54, 1.807) is 11.3 Å². The van der Waals surface area contributed by atoms with E-state index in [1.807, 2.05) is 0 Å². The Labute approximate surface area is 135 Å². The molecule has 5 heteroatoms. The topological polar surface area (TPSA) is 29.0 Å². The molecule has 1 fully saturated rings. The smallest absolute Gasteiger partial charge is 0.145 e. The molecule has 1 saturated carbocycles. The third-order valence-electron chi connectivity index (χ3n) is 4.15. The summed E-state index contributed by atoms with van der Waals surface area (Å²) in [6.45, 7) is 9.54. The van der Waals surface area contributed by atoms with Crippen LogP contribution in [0.3, 0.4) is 0 Å². The van der Waals surface area contributed by atoms with Crippen molar-refractivity contribution >= 4 is 33.2 Å². The monoisotopic (exact) mass is 323 g/mol.